The normalized spacial score (nSPS) is 49.8. The maximum absolute atomic E-state index is 13.5. The lowest BCUT2D eigenvalue weighted by Crippen LogP contribution is -2.40. The smallest absolute Gasteiger partial charge is 0.331 e. The molecule has 5 fully saturated rings. The van der Waals surface area contributed by atoms with E-state index < -0.39 is 0 Å². The van der Waals surface area contributed by atoms with Gasteiger partial charge in [0.25, 0.3) is 0 Å². The van der Waals surface area contributed by atoms with Crippen molar-refractivity contribution in [1.29, 1.82) is 0 Å². The number of carbonyl (C=O) groups is 2. The van der Waals surface area contributed by atoms with Gasteiger partial charge in [0.2, 0.25) is 0 Å². The number of rotatable bonds is 4. The average molecular weight is 467 g/mol. The zero-order chi connectivity index (χ0) is 24.3. The van der Waals surface area contributed by atoms with E-state index in [1.165, 1.54) is 12.8 Å². The van der Waals surface area contributed by atoms with Crippen molar-refractivity contribution in [3.05, 3.63) is 23.8 Å². The summed E-state index contributed by atoms with van der Waals surface area (Å²) in [6.07, 6.45) is 13.5. The van der Waals surface area contributed by atoms with Gasteiger partial charge in [0.15, 0.2) is 0 Å². The topological polar surface area (TPSA) is 52.6 Å². The van der Waals surface area contributed by atoms with Crippen LogP contribution in [0.25, 0.3) is 0 Å². The molecule has 4 heteroatoms. The van der Waals surface area contributed by atoms with Crippen molar-refractivity contribution in [2.24, 2.45) is 51.2 Å². The van der Waals surface area contributed by atoms with Crippen LogP contribution in [0.15, 0.2) is 23.8 Å². The summed E-state index contributed by atoms with van der Waals surface area (Å²) in [5.74, 6) is 0.843. The molecule has 6 rings (SSSR count). The summed E-state index contributed by atoms with van der Waals surface area (Å²) in [7, 11) is 0. The minimum Gasteiger partial charge on any atom is -0.461 e. The van der Waals surface area contributed by atoms with Crippen LogP contribution in [0.5, 0.6) is 0 Å². The molecular weight excluding hydrogens is 424 g/mol. The third-order valence-electron chi connectivity index (χ3n) is 12.8. The first-order valence-corrected chi connectivity index (χ1v) is 13.7. The Kier molecular flexibility index (Phi) is 4.71. The number of esters is 2. The SMILES string of the molecule is CC1(C)[C@H]2CC[C@]1(C)[C@H](OC(=O)/C=C1/[C@H]3C=C[C@H](C3)[C@H]1C(=O)O[C@@H]1C[C@@H]3CC[C@@]1(C)C3(C)C)C2. The molecule has 0 saturated heterocycles. The Bertz CT molecular complexity index is 988. The van der Waals surface area contributed by atoms with Crippen LogP contribution in [0.4, 0.5) is 0 Å². The van der Waals surface area contributed by atoms with Crippen LogP contribution in [0.3, 0.4) is 0 Å². The molecule has 0 amide bonds. The van der Waals surface area contributed by atoms with E-state index >= 15 is 0 Å². The highest BCUT2D eigenvalue weighted by molar-refractivity contribution is 5.87. The van der Waals surface area contributed by atoms with Crippen molar-refractivity contribution < 1.29 is 19.1 Å². The third-order valence-corrected chi connectivity index (χ3v) is 12.8. The van der Waals surface area contributed by atoms with E-state index in [4.69, 9.17) is 9.47 Å². The number of carbonyl (C=O) groups excluding carboxylic acids is 2. The van der Waals surface area contributed by atoms with E-state index in [9.17, 15) is 9.59 Å². The van der Waals surface area contributed by atoms with E-state index in [0.29, 0.717) is 11.8 Å². The molecule has 0 heterocycles. The lowest BCUT2D eigenvalue weighted by atomic mass is 9.70. The number of fused-ring (bicyclic) bond motifs is 6. The summed E-state index contributed by atoms with van der Waals surface area (Å²) in [4.78, 5) is 26.7. The summed E-state index contributed by atoms with van der Waals surface area (Å²) in [5.41, 5.74) is 1.43. The predicted molar refractivity (Wildman–Crippen MR) is 131 cm³/mol. The highest BCUT2D eigenvalue weighted by Gasteiger charge is 2.64. The molecule has 0 aromatic carbocycles. The van der Waals surface area contributed by atoms with E-state index in [0.717, 1.165) is 37.7 Å². The molecule has 9 atom stereocenters. The van der Waals surface area contributed by atoms with Crippen LogP contribution in [-0.4, -0.2) is 24.1 Å². The Hall–Kier alpha value is -1.58. The van der Waals surface area contributed by atoms with Gasteiger partial charge in [-0.1, -0.05) is 53.7 Å². The van der Waals surface area contributed by atoms with Crippen molar-refractivity contribution in [2.45, 2.75) is 98.7 Å². The molecule has 0 radical (unpaired) electrons. The molecule has 4 nitrogen and oxygen atoms in total. The zero-order valence-corrected chi connectivity index (χ0v) is 21.9. The van der Waals surface area contributed by atoms with Gasteiger partial charge in [-0.3, -0.25) is 4.79 Å². The molecule has 0 spiro atoms. The van der Waals surface area contributed by atoms with Gasteiger partial charge < -0.3 is 9.47 Å². The number of ether oxygens (including phenoxy) is 2. The third kappa shape index (κ3) is 2.77. The second-order valence-electron chi connectivity index (χ2n) is 14.1. The molecule has 6 aliphatic rings. The largest absolute Gasteiger partial charge is 0.461 e. The fraction of sp³-hybridized carbons (Fsp3) is 0.800. The molecule has 0 unspecified atom stereocenters. The molecule has 34 heavy (non-hydrogen) atoms. The molecule has 0 aromatic heterocycles. The fourth-order valence-corrected chi connectivity index (χ4v) is 9.35. The van der Waals surface area contributed by atoms with Gasteiger partial charge in [0.05, 0.1) is 5.92 Å². The number of allylic oxidation sites excluding steroid dienone is 2. The molecule has 0 N–H and O–H groups in total. The lowest BCUT2D eigenvalue weighted by Gasteiger charge is -2.39. The molecular formula is C30H42O4. The summed E-state index contributed by atoms with van der Waals surface area (Å²) in [6, 6.07) is 0. The van der Waals surface area contributed by atoms with Crippen molar-refractivity contribution >= 4 is 11.9 Å². The molecule has 0 aliphatic heterocycles. The van der Waals surface area contributed by atoms with Crippen LogP contribution < -0.4 is 0 Å². The second kappa shape index (κ2) is 7.01. The van der Waals surface area contributed by atoms with E-state index in [-0.39, 0.29) is 63.6 Å². The summed E-state index contributed by atoms with van der Waals surface area (Å²) in [5, 5.41) is 0. The van der Waals surface area contributed by atoms with Crippen LogP contribution in [0, 0.1) is 51.2 Å². The molecule has 6 aliphatic carbocycles. The predicted octanol–water partition coefficient (Wildman–Crippen LogP) is 6.25. The van der Waals surface area contributed by atoms with Crippen LogP contribution in [0.2, 0.25) is 0 Å². The van der Waals surface area contributed by atoms with Crippen LogP contribution >= 0.6 is 0 Å². The van der Waals surface area contributed by atoms with E-state index in [1.807, 2.05) is 0 Å². The maximum atomic E-state index is 13.5. The first-order valence-electron chi connectivity index (χ1n) is 13.7. The number of hydrogen-bond acceptors (Lipinski definition) is 4. The average Bonchev–Trinajstić information content (AvgIpc) is 3.53. The lowest BCUT2D eigenvalue weighted by molar-refractivity contribution is -0.161. The van der Waals surface area contributed by atoms with Gasteiger partial charge >= 0.3 is 11.9 Å². The standard InChI is InChI=1S/C30H42O4/c1-27(2)19-9-11-29(27,5)22(14-19)33-24(31)16-21-17-7-8-18(13-17)25(21)26(32)34-23-15-20-10-12-30(23,6)28(20,3)4/h7-8,16-20,22-23,25H,9-15H2,1-6H3/b21-16-/t17-,18+,19-,20-,22+,23+,25+,29+,30+/m0/s1. The van der Waals surface area contributed by atoms with E-state index in [1.54, 1.807) is 6.08 Å². The Labute approximate surface area is 204 Å². The minimum atomic E-state index is -0.333. The van der Waals surface area contributed by atoms with Gasteiger partial charge in [-0.05, 0) is 85.0 Å². The highest BCUT2D eigenvalue weighted by atomic mass is 16.5. The molecule has 186 valence electrons. The van der Waals surface area contributed by atoms with Gasteiger partial charge in [-0.15, -0.1) is 0 Å². The Balaban J connectivity index is 1.18. The van der Waals surface area contributed by atoms with Gasteiger partial charge in [-0.2, -0.15) is 0 Å². The van der Waals surface area contributed by atoms with Crippen LogP contribution in [-0.2, 0) is 19.1 Å². The quantitative estimate of drug-likeness (QED) is 0.279. The zero-order valence-electron chi connectivity index (χ0n) is 21.9. The van der Waals surface area contributed by atoms with Crippen molar-refractivity contribution in [2.75, 3.05) is 0 Å². The highest BCUT2D eigenvalue weighted by Crippen LogP contribution is 2.67. The summed E-state index contributed by atoms with van der Waals surface area (Å²) < 4.78 is 12.4. The van der Waals surface area contributed by atoms with Gasteiger partial charge in [-0.25, -0.2) is 4.79 Å². The Morgan fingerprint density at radius 2 is 1.38 bits per heavy atom. The fourth-order valence-electron chi connectivity index (χ4n) is 9.35. The second-order valence-corrected chi connectivity index (χ2v) is 14.1. The van der Waals surface area contributed by atoms with E-state index in [2.05, 4.69) is 53.7 Å². The monoisotopic (exact) mass is 466 g/mol. The van der Waals surface area contributed by atoms with Crippen molar-refractivity contribution in [3.63, 3.8) is 0 Å². The summed E-state index contributed by atoms with van der Waals surface area (Å²) >= 11 is 0. The minimum absolute atomic E-state index is 0.0127. The molecule has 5 saturated carbocycles. The Morgan fingerprint density at radius 3 is 1.88 bits per heavy atom. The maximum Gasteiger partial charge on any atom is 0.331 e. The molecule has 6 bridgehead atoms. The first kappa shape index (κ1) is 22.9. The number of hydrogen-bond donors (Lipinski definition) is 0. The van der Waals surface area contributed by atoms with Crippen molar-refractivity contribution in [1.82, 2.24) is 0 Å². The van der Waals surface area contributed by atoms with Crippen LogP contribution in [0.1, 0.15) is 86.5 Å². The first-order chi connectivity index (χ1) is 15.9. The van der Waals surface area contributed by atoms with Gasteiger partial charge in [0, 0.05) is 16.9 Å². The van der Waals surface area contributed by atoms with Crippen molar-refractivity contribution in [3.8, 4) is 0 Å². The summed E-state index contributed by atoms with van der Waals surface area (Å²) in [6.45, 7) is 14.0. The molecule has 0 aromatic rings. The Morgan fingerprint density at radius 1 is 0.824 bits per heavy atom. The van der Waals surface area contributed by atoms with Gasteiger partial charge in [0.1, 0.15) is 12.2 Å².